The maximum Gasteiger partial charge on any atom is 0.322 e. The van der Waals surface area contributed by atoms with E-state index in [0.29, 0.717) is 0 Å². The number of carbonyl (C=O) groups is 1. The van der Waals surface area contributed by atoms with E-state index >= 15 is 0 Å². The summed E-state index contributed by atoms with van der Waals surface area (Å²) >= 11 is 1.95. The molecule has 1 aliphatic carbocycles. The molecule has 154 valence electrons. The number of anilines is 1. The summed E-state index contributed by atoms with van der Waals surface area (Å²) in [6.07, 6.45) is 6.96. The smallest absolute Gasteiger partial charge is 0.312 e. The van der Waals surface area contributed by atoms with E-state index in [1.807, 2.05) is 34.4 Å². The topological polar surface area (TPSA) is 32.3 Å². The van der Waals surface area contributed by atoms with E-state index in [4.69, 9.17) is 0 Å². The molecule has 2 amide bonds. The Labute approximate surface area is 182 Å². The molecule has 2 aliphatic rings. The second-order valence-electron chi connectivity index (χ2n) is 8.29. The second-order valence-corrected chi connectivity index (χ2v) is 9.43. The van der Waals surface area contributed by atoms with Crippen LogP contribution in [0.4, 0.5) is 10.5 Å². The summed E-state index contributed by atoms with van der Waals surface area (Å²) in [5.74, 6) is 0. The zero-order valence-electron chi connectivity index (χ0n) is 17.5. The van der Waals surface area contributed by atoms with Gasteiger partial charge in [-0.2, -0.15) is 0 Å². The number of nitrogens with one attached hydrogen (secondary N) is 1. The Kier molecular flexibility index (Phi) is 5.34. The molecule has 1 atom stereocenters. The number of aryl methyl sites for hydroxylation is 2. The van der Waals surface area contributed by atoms with Crippen LogP contribution < -0.4 is 5.32 Å². The number of benzene rings is 2. The Morgan fingerprint density at radius 1 is 1.00 bits per heavy atom. The highest BCUT2D eigenvalue weighted by molar-refractivity contribution is 7.12. The number of thiophene rings is 1. The fourth-order valence-electron chi connectivity index (χ4n) is 4.85. The first-order chi connectivity index (χ1) is 14.7. The van der Waals surface area contributed by atoms with Crippen molar-refractivity contribution in [3.05, 3.63) is 86.6 Å². The molecule has 5 rings (SSSR count). The Bertz CT molecular complexity index is 1040. The third-order valence-corrected chi connectivity index (χ3v) is 7.85. The number of hydrogen-bond acceptors (Lipinski definition) is 2. The van der Waals surface area contributed by atoms with E-state index in [0.717, 1.165) is 25.1 Å². The van der Waals surface area contributed by atoms with Gasteiger partial charge >= 0.3 is 6.03 Å². The Morgan fingerprint density at radius 3 is 2.53 bits per heavy atom. The molecule has 0 fully saturated rings. The van der Waals surface area contributed by atoms with E-state index in [-0.39, 0.29) is 12.1 Å². The third kappa shape index (κ3) is 3.54. The summed E-state index contributed by atoms with van der Waals surface area (Å²) in [6.45, 7) is 2.90. The van der Waals surface area contributed by atoms with E-state index in [9.17, 15) is 4.79 Å². The average molecular weight is 417 g/mol. The zero-order chi connectivity index (χ0) is 20.5. The van der Waals surface area contributed by atoms with Crippen molar-refractivity contribution in [1.82, 2.24) is 4.90 Å². The predicted octanol–water partition coefficient (Wildman–Crippen LogP) is 6.37. The van der Waals surface area contributed by atoms with Gasteiger partial charge in [-0.15, -0.1) is 11.3 Å². The molecule has 0 unspecified atom stereocenters. The molecule has 3 aromatic rings. The highest BCUT2D eigenvalue weighted by Crippen LogP contribution is 2.45. The SMILES string of the molecule is CCc1ccc(NC(=O)N2CCc3c(sc4c3CCCC4)[C@@H]2c2ccccc2)cc1. The molecule has 4 heteroatoms. The van der Waals surface area contributed by atoms with Crippen LogP contribution in [0.2, 0.25) is 0 Å². The lowest BCUT2D eigenvalue weighted by molar-refractivity contribution is 0.195. The van der Waals surface area contributed by atoms with Crippen LogP contribution in [-0.2, 0) is 25.7 Å². The van der Waals surface area contributed by atoms with Crippen molar-refractivity contribution < 1.29 is 4.79 Å². The van der Waals surface area contributed by atoms with Crippen molar-refractivity contribution in [3.8, 4) is 0 Å². The molecular weight excluding hydrogens is 388 g/mol. The number of nitrogens with zero attached hydrogens (tertiary/aromatic N) is 1. The summed E-state index contributed by atoms with van der Waals surface area (Å²) < 4.78 is 0. The molecule has 1 aliphatic heterocycles. The van der Waals surface area contributed by atoms with Gasteiger partial charge in [0.1, 0.15) is 0 Å². The highest BCUT2D eigenvalue weighted by Gasteiger charge is 2.36. The van der Waals surface area contributed by atoms with Crippen LogP contribution in [-0.4, -0.2) is 17.5 Å². The lowest BCUT2D eigenvalue weighted by Gasteiger charge is -2.36. The van der Waals surface area contributed by atoms with Crippen LogP contribution in [0.5, 0.6) is 0 Å². The lowest BCUT2D eigenvalue weighted by Crippen LogP contribution is -2.42. The minimum atomic E-state index is -0.00914. The molecule has 30 heavy (non-hydrogen) atoms. The standard InChI is InChI=1S/C26H28N2OS/c1-2-18-12-14-20(15-13-18)27-26(29)28-17-16-22-21-10-6-7-11-23(21)30-25(22)24(28)19-8-4-3-5-9-19/h3-5,8-9,12-15,24H,2,6-7,10-11,16-17H2,1H3,(H,27,29)/t24-/m0/s1. The van der Waals surface area contributed by atoms with Gasteiger partial charge < -0.3 is 10.2 Å². The molecule has 0 saturated heterocycles. The van der Waals surface area contributed by atoms with Crippen LogP contribution >= 0.6 is 11.3 Å². The normalized spacial score (nSPS) is 17.9. The first-order valence-electron chi connectivity index (χ1n) is 11.1. The van der Waals surface area contributed by atoms with Crippen LogP contribution in [0, 0.1) is 0 Å². The Morgan fingerprint density at radius 2 is 1.77 bits per heavy atom. The Hall–Kier alpha value is -2.59. The quantitative estimate of drug-likeness (QED) is 0.529. The monoisotopic (exact) mass is 416 g/mol. The van der Waals surface area contributed by atoms with Gasteiger partial charge in [0.15, 0.2) is 0 Å². The highest BCUT2D eigenvalue weighted by atomic mass is 32.1. The molecule has 0 radical (unpaired) electrons. The van der Waals surface area contributed by atoms with E-state index in [1.165, 1.54) is 47.3 Å². The van der Waals surface area contributed by atoms with Gasteiger partial charge in [0.2, 0.25) is 0 Å². The molecule has 0 saturated carbocycles. The first kappa shape index (κ1) is 19.4. The molecule has 3 nitrogen and oxygen atoms in total. The van der Waals surface area contributed by atoms with Crippen LogP contribution in [0.25, 0.3) is 0 Å². The van der Waals surface area contributed by atoms with Crippen LogP contribution in [0.15, 0.2) is 54.6 Å². The number of rotatable bonds is 3. The molecular formula is C26H28N2OS. The molecule has 1 aromatic heterocycles. The number of urea groups is 1. The largest absolute Gasteiger partial charge is 0.322 e. The van der Waals surface area contributed by atoms with Gasteiger partial charge in [0.25, 0.3) is 0 Å². The minimum absolute atomic E-state index is 0.000431. The molecule has 0 spiro atoms. The van der Waals surface area contributed by atoms with Gasteiger partial charge in [-0.3, -0.25) is 0 Å². The van der Waals surface area contributed by atoms with Crippen molar-refractivity contribution in [2.24, 2.45) is 0 Å². The van der Waals surface area contributed by atoms with E-state index in [1.54, 1.807) is 10.4 Å². The van der Waals surface area contributed by atoms with Crippen LogP contribution in [0.3, 0.4) is 0 Å². The maximum absolute atomic E-state index is 13.4. The second kappa shape index (κ2) is 8.27. The average Bonchev–Trinajstić information content (AvgIpc) is 3.18. The summed E-state index contributed by atoms with van der Waals surface area (Å²) in [5.41, 5.74) is 6.47. The maximum atomic E-state index is 13.4. The van der Waals surface area contributed by atoms with Gasteiger partial charge in [-0.05, 0) is 72.9 Å². The number of hydrogen-bond donors (Lipinski definition) is 1. The van der Waals surface area contributed by atoms with Crippen molar-refractivity contribution in [3.63, 3.8) is 0 Å². The summed E-state index contributed by atoms with van der Waals surface area (Å²) in [5, 5.41) is 3.15. The number of carbonyl (C=O) groups excluding carboxylic acids is 1. The van der Waals surface area contributed by atoms with Crippen molar-refractivity contribution in [2.75, 3.05) is 11.9 Å². The minimum Gasteiger partial charge on any atom is -0.312 e. The molecule has 2 heterocycles. The van der Waals surface area contributed by atoms with Crippen molar-refractivity contribution in [1.29, 1.82) is 0 Å². The molecule has 2 aromatic carbocycles. The summed E-state index contributed by atoms with van der Waals surface area (Å²) in [6, 6.07) is 18.7. The fraction of sp³-hybridized carbons (Fsp3) is 0.346. The summed E-state index contributed by atoms with van der Waals surface area (Å²) in [4.78, 5) is 18.4. The number of fused-ring (bicyclic) bond motifs is 3. The lowest BCUT2D eigenvalue weighted by atomic mass is 9.88. The van der Waals surface area contributed by atoms with Crippen molar-refractivity contribution in [2.45, 2.75) is 51.5 Å². The number of amides is 2. The van der Waals surface area contributed by atoms with E-state index < -0.39 is 0 Å². The van der Waals surface area contributed by atoms with Gasteiger partial charge in [0, 0.05) is 22.0 Å². The van der Waals surface area contributed by atoms with Gasteiger partial charge in [0.05, 0.1) is 6.04 Å². The van der Waals surface area contributed by atoms with Crippen LogP contribution in [0.1, 0.15) is 57.8 Å². The Balaban J connectivity index is 1.49. The molecule has 1 N–H and O–H groups in total. The zero-order valence-corrected chi connectivity index (χ0v) is 18.3. The van der Waals surface area contributed by atoms with Crippen molar-refractivity contribution >= 4 is 23.1 Å². The van der Waals surface area contributed by atoms with Gasteiger partial charge in [-0.25, -0.2) is 4.79 Å². The predicted molar refractivity (Wildman–Crippen MR) is 124 cm³/mol. The third-order valence-electron chi connectivity index (χ3n) is 6.46. The van der Waals surface area contributed by atoms with Gasteiger partial charge in [-0.1, -0.05) is 49.4 Å². The molecule has 0 bridgehead atoms. The first-order valence-corrected chi connectivity index (χ1v) is 11.9. The van der Waals surface area contributed by atoms with E-state index in [2.05, 4.69) is 48.6 Å². The fourth-order valence-corrected chi connectivity index (χ4v) is 6.44. The summed E-state index contributed by atoms with van der Waals surface area (Å²) in [7, 11) is 0.